The molecule has 1 aliphatic heterocycles. The van der Waals surface area contributed by atoms with Crippen LogP contribution >= 0.6 is 0 Å². The molecule has 0 spiro atoms. The summed E-state index contributed by atoms with van der Waals surface area (Å²) in [6.07, 6.45) is 0. The highest BCUT2D eigenvalue weighted by Crippen LogP contribution is 2.43. The van der Waals surface area contributed by atoms with Crippen LogP contribution in [0.3, 0.4) is 0 Å². The summed E-state index contributed by atoms with van der Waals surface area (Å²) in [5.41, 5.74) is 7.72. The summed E-state index contributed by atoms with van der Waals surface area (Å²) in [5.74, 6) is 0.477. The molecule has 0 saturated carbocycles. The van der Waals surface area contributed by atoms with E-state index in [0.717, 1.165) is 10.9 Å². The molecule has 0 aliphatic carbocycles. The van der Waals surface area contributed by atoms with E-state index in [9.17, 15) is 10.1 Å². The molecule has 6 heteroatoms. The van der Waals surface area contributed by atoms with Crippen LogP contribution in [-0.4, -0.2) is 12.1 Å². The number of hydrogen-bond donors (Lipinski definition) is 2. The summed E-state index contributed by atoms with van der Waals surface area (Å²) in [6, 6.07) is 16.6. The number of methoxy groups -OCH3 is 1. The molecule has 3 aromatic rings. The zero-order valence-electron chi connectivity index (χ0n) is 13.9. The minimum absolute atomic E-state index is 0.0107. The van der Waals surface area contributed by atoms with Gasteiger partial charge in [-0.15, -0.1) is 0 Å². The molecule has 128 valence electrons. The second-order valence-electron chi connectivity index (χ2n) is 5.94. The zero-order chi connectivity index (χ0) is 18.3. The molecule has 4 rings (SSSR count). The van der Waals surface area contributed by atoms with Gasteiger partial charge in [-0.2, -0.15) is 5.26 Å². The average Bonchev–Trinajstić information content (AvgIpc) is 2.67. The van der Waals surface area contributed by atoms with Gasteiger partial charge in [0.2, 0.25) is 5.88 Å². The molecule has 1 aliphatic rings. The highest BCUT2D eigenvalue weighted by atomic mass is 16.5. The van der Waals surface area contributed by atoms with Gasteiger partial charge in [0.1, 0.15) is 23.1 Å². The van der Waals surface area contributed by atoms with Crippen LogP contribution in [0.5, 0.6) is 11.5 Å². The van der Waals surface area contributed by atoms with Gasteiger partial charge in [0.25, 0.3) is 5.56 Å². The molecule has 0 amide bonds. The molecule has 6 nitrogen and oxygen atoms in total. The Labute approximate surface area is 149 Å². The van der Waals surface area contributed by atoms with E-state index in [-0.39, 0.29) is 17.0 Å². The molecule has 0 unspecified atom stereocenters. The first-order valence-corrected chi connectivity index (χ1v) is 8.00. The highest BCUT2D eigenvalue weighted by molar-refractivity contribution is 5.87. The molecular formula is C20H15N3O3. The third kappa shape index (κ3) is 2.30. The molecule has 1 aromatic heterocycles. The van der Waals surface area contributed by atoms with Gasteiger partial charge in [-0.05, 0) is 29.8 Å². The van der Waals surface area contributed by atoms with Crippen LogP contribution in [-0.2, 0) is 0 Å². The summed E-state index contributed by atoms with van der Waals surface area (Å²) >= 11 is 0. The predicted molar refractivity (Wildman–Crippen MR) is 96.9 cm³/mol. The van der Waals surface area contributed by atoms with E-state index in [2.05, 4.69) is 11.1 Å². The zero-order valence-corrected chi connectivity index (χ0v) is 13.9. The Hall–Kier alpha value is -3.72. The van der Waals surface area contributed by atoms with Crippen LogP contribution in [0, 0.1) is 11.3 Å². The molecule has 1 atom stereocenters. The Morgan fingerprint density at radius 1 is 1.19 bits per heavy atom. The van der Waals surface area contributed by atoms with Gasteiger partial charge in [0.15, 0.2) is 0 Å². The largest absolute Gasteiger partial charge is 0.497 e. The molecule has 0 bridgehead atoms. The molecule has 0 saturated heterocycles. The van der Waals surface area contributed by atoms with E-state index < -0.39 is 5.92 Å². The maximum atomic E-state index is 12.8. The normalized spacial score (nSPS) is 15.9. The maximum absolute atomic E-state index is 12.8. The van der Waals surface area contributed by atoms with E-state index in [4.69, 9.17) is 15.2 Å². The number of para-hydroxylation sites is 1. The number of nitrogens with two attached hydrogens (primary N) is 1. The van der Waals surface area contributed by atoms with Gasteiger partial charge in [0.05, 0.1) is 24.1 Å². The number of allylic oxidation sites excluding steroid dienone is 1. The van der Waals surface area contributed by atoms with E-state index in [1.165, 1.54) is 0 Å². The molecular weight excluding hydrogens is 330 g/mol. The number of benzene rings is 2. The van der Waals surface area contributed by atoms with Gasteiger partial charge in [-0.3, -0.25) is 4.79 Å². The second-order valence-corrected chi connectivity index (χ2v) is 5.94. The minimum atomic E-state index is -0.608. The first-order chi connectivity index (χ1) is 12.6. The lowest BCUT2D eigenvalue weighted by Gasteiger charge is -2.26. The first kappa shape index (κ1) is 15.8. The lowest BCUT2D eigenvalue weighted by molar-refractivity contribution is 0.396. The lowest BCUT2D eigenvalue weighted by Crippen LogP contribution is -2.27. The van der Waals surface area contributed by atoms with Crippen LogP contribution in [0.25, 0.3) is 10.9 Å². The van der Waals surface area contributed by atoms with E-state index in [0.29, 0.717) is 22.6 Å². The summed E-state index contributed by atoms with van der Waals surface area (Å²) in [6.45, 7) is 0. The van der Waals surface area contributed by atoms with Crippen molar-refractivity contribution in [2.75, 3.05) is 7.11 Å². The van der Waals surface area contributed by atoms with Gasteiger partial charge in [0, 0.05) is 5.39 Å². The van der Waals surface area contributed by atoms with Gasteiger partial charge < -0.3 is 20.2 Å². The van der Waals surface area contributed by atoms with Crippen LogP contribution < -0.4 is 20.8 Å². The van der Waals surface area contributed by atoms with Crippen molar-refractivity contribution in [3.8, 4) is 17.6 Å². The van der Waals surface area contributed by atoms with E-state index in [1.54, 1.807) is 25.3 Å². The third-order valence-electron chi connectivity index (χ3n) is 4.53. The monoisotopic (exact) mass is 345 g/mol. The highest BCUT2D eigenvalue weighted by Gasteiger charge is 2.34. The van der Waals surface area contributed by atoms with Crippen molar-refractivity contribution >= 4 is 10.9 Å². The van der Waals surface area contributed by atoms with Crippen molar-refractivity contribution in [1.82, 2.24) is 4.98 Å². The van der Waals surface area contributed by atoms with Crippen LogP contribution in [0.15, 0.2) is 64.8 Å². The Balaban J connectivity index is 2.03. The summed E-state index contributed by atoms with van der Waals surface area (Å²) in [5, 5.41) is 10.4. The Morgan fingerprint density at radius 2 is 1.92 bits per heavy atom. The quantitative estimate of drug-likeness (QED) is 0.744. The van der Waals surface area contributed by atoms with Crippen molar-refractivity contribution in [1.29, 1.82) is 5.26 Å². The lowest BCUT2D eigenvalue weighted by atomic mass is 9.83. The van der Waals surface area contributed by atoms with Crippen LogP contribution in [0.2, 0.25) is 0 Å². The number of aromatic nitrogens is 1. The SMILES string of the molecule is COc1ccc([C@H]2C(C#N)=C(N)Oc3c2c(=O)[nH]c2ccccc32)cc1. The first-order valence-electron chi connectivity index (χ1n) is 8.00. The van der Waals surface area contributed by atoms with Crippen molar-refractivity contribution < 1.29 is 9.47 Å². The number of aromatic amines is 1. The Bertz CT molecular complexity index is 1140. The van der Waals surface area contributed by atoms with Crippen LogP contribution in [0.4, 0.5) is 0 Å². The fourth-order valence-corrected chi connectivity index (χ4v) is 3.30. The average molecular weight is 345 g/mol. The number of H-pyrrole nitrogens is 1. The number of rotatable bonds is 2. The number of ether oxygens (including phenoxy) is 2. The fourth-order valence-electron chi connectivity index (χ4n) is 3.30. The number of hydrogen-bond acceptors (Lipinski definition) is 5. The molecule has 2 aromatic carbocycles. The number of pyridine rings is 1. The van der Waals surface area contributed by atoms with E-state index >= 15 is 0 Å². The molecule has 0 fully saturated rings. The smallest absolute Gasteiger partial charge is 0.256 e. The Kier molecular flexibility index (Phi) is 3.63. The third-order valence-corrected chi connectivity index (χ3v) is 4.53. The van der Waals surface area contributed by atoms with Crippen LogP contribution in [0.1, 0.15) is 17.0 Å². The summed E-state index contributed by atoms with van der Waals surface area (Å²) < 4.78 is 10.9. The maximum Gasteiger partial charge on any atom is 0.256 e. The Morgan fingerprint density at radius 3 is 2.62 bits per heavy atom. The fraction of sp³-hybridized carbons (Fsp3) is 0.100. The molecule has 26 heavy (non-hydrogen) atoms. The van der Waals surface area contributed by atoms with Crippen molar-refractivity contribution in [3.63, 3.8) is 0 Å². The summed E-state index contributed by atoms with van der Waals surface area (Å²) in [7, 11) is 1.58. The minimum Gasteiger partial charge on any atom is -0.497 e. The van der Waals surface area contributed by atoms with Crippen molar-refractivity contribution in [3.05, 3.63) is 81.5 Å². The second kappa shape index (κ2) is 5.97. The number of nitrogens with zero attached hydrogens (tertiary/aromatic N) is 1. The van der Waals surface area contributed by atoms with Crippen molar-refractivity contribution in [2.24, 2.45) is 5.73 Å². The predicted octanol–water partition coefficient (Wildman–Crippen LogP) is 2.75. The topological polar surface area (TPSA) is 101 Å². The van der Waals surface area contributed by atoms with Gasteiger partial charge >= 0.3 is 0 Å². The summed E-state index contributed by atoms with van der Waals surface area (Å²) in [4.78, 5) is 15.7. The van der Waals surface area contributed by atoms with Gasteiger partial charge in [-0.25, -0.2) is 0 Å². The number of fused-ring (bicyclic) bond motifs is 3. The number of nitrogens with one attached hydrogen (secondary N) is 1. The van der Waals surface area contributed by atoms with E-state index in [1.807, 2.05) is 30.3 Å². The molecule has 3 N–H and O–H groups in total. The van der Waals surface area contributed by atoms with Crippen molar-refractivity contribution in [2.45, 2.75) is 5.92 Å². The molecule has 0 radical (unpaired) electrons. The van der Waals surface area contributed by atoms with Gasteiger partial charge in [-0.1, -0.05) is 24.3 Å². The number of nitriles is 1. The standard InChI is InChI=1S/C20H15N3O3/c1-25-12-8-6-11(7-9-12)16-14(10-21)19(22)26-18-13-4-2-3-5-15(13)23-20(24)17(16)18/h2-9,16H,22H2,1H3,(H,23,24)/t16-/m0/s1. The molecule has 2 heterocycles.